The molecule has 0 N–H and O–H groups in total. The minimum Gasteiger partial charge on any atom is -0.497 e. The Labute approximate surface area is 242 Å². The zero-order valence-corrected chi connectivity index (χ0v) is 27.8. The minimum atomic E-state index is -2.97. The maximum atomic E-state index is 5.96. The predicted molar refractivity (Wildman–Crippen MR) is 172 cm³/mol. The lowest BCUT2D eigenvalue weighted by molar-refractivity contribution is 0.414. The third kappa shape index (κ3) is 4.41. The molecule has 0 aromatic heterocycles. The van der Waals surface area contributed by atoms with Crippen molar-refractivity contribution >= 4 is 23.6 Å². The van der Waals surface area contributed by atoms with E-state index in [-0.39, 0.29) is 0 Å². The molecule has 1 aliphatic rings. The van der Waals surface area contributed by atoms with E-state index in [9.17, 15) is 0 Å². The molecule has 212 valence electrons. The van der Waals surface area contributed by atoms with Crippen molar-refractivity contribution in [1.29, 1.82) is 0 Å². The van der Waals surface area contributed by atoms with Gasteiger partial charge in [-0.05, 0) is 159 Å². The van der Waals surface area contributed by atoms with Gasteiger partial charge in [0.1, 0.15) is 17.2 Å². The van der Waals surface area contributed by atoms with Crippen molar-refractivity contribution in [2.24, 2.45) is 5.92 Å². The van der Waals surface area contributed by atoms with Gasteiger partial charge in [0.15, 0.2) is 8.07 Å². The third-order valence-corrected chi connectivity index (χ3v) is 15.5. The van der Waals surface area contributed by atoms with E-state index < -0.39 is 8.07 Å². The third-order valence-electron chi connectivity index (χ3n) is 9.89. The van der Waals surface area contributed by atoms with Crippen molar-refractivity contribution in [2.75, 3.05) is 21.3 Å². The van der Waals surface area contributed by atoms with Gasteiger partial charge in [-0.3, -0.25) is 0 Å². The molecule has 40 heavy (non-hydrogen) atoms. The fourth-order valence-electron chi connectivity index (χ4n) is 6.84. The summed E-state index contributed by atoms with van der Waals surface area (Å²) < 4.78 is 17.9. The topological polar surface area (TPSA) is 27.7 Å². The second-order valence-corrected chi connectivity index (χ2v) is 15.3. The van der Waals surface area contributed by atoms with Crippen molar-refractivity contribution in [2.45, 2.75) is 69.2 Å². The van der Waals surface area contributed by atoms with E-state index in [0.717, 1.165) is 17.2 Å². The first-order valence-corrected chi connectivity index (χ1v) is 16.2. The number of rotatable bonds is 7. The SMILES string of the molecule is COc1cc(C)c(C)c([Si](C2=C(C)C(C)=C(C)C2C)(c2cc(OC)cc(C)c2C)c2cc(OC)cc(C)c2C)c1. The van der Waals surface area contributed by atoms with Crippen LogP contribution < -0.4 is 29.8 Å². The lowest BCUT2D eigenvalue weighted by atomic mass is 10.1. The van der Waals surface area contributed by atoms with Crippen molar-refractivity contribution in [1.82, 2.24) is 0 Å². The molecule has 0 spiro atoms. The summed E-state index contributed by atoms with van der Waals surface area (Å²) in [5.41, 5.74) is 12.0. The summed E-state index contributed by atoms with van der Waals surface area (Å²) in [7, 11) is 2.35. The molecular formula is C36H46O3Si. The largest absolute Gasteiger partial charge is 0.497 e. The second-order valence-electron chi connectivity index (χ2n) is 11.7. The van der Waals surface area contributed by atoms with Gasteiger partial charge in [-0.25, -0.2) is 0 Å². The Hall–Kier alpha value is -3.24. The molecule has 1 unspecified atom stereocenters. The first-order chi connectivity index (χ1) is 18.8. The van der Waals surface area contributed by atoms with E-state index >= 15 is 0 Å². The number of benzene rings is 3. The maximum Gasteiger partial charge on any atom is 0.177 e. The monoisotopic (exact) mass is 554 g/mol. The molecule has 3 aromatic rings. The Morgan fingerprint density at radius 2 is 0.825 bits per heavy atom. The Morgan fingerprint density at radius 1 is 0.500 bits per heavy atom. The van der Waals surface area contributed by atoms with E-state index in [0.29, 0.717) is 5.92 Å². The molecule has 1 atom stereocenters. The molecule has 3 nitrogen and oxygen atoms in total. The van der Waals surface area contributed by atoms with Gasteiger partial charge in [-0.2, -0.15) is 0 Å². The molecule has 0 fully saturated rings. The number of methoxy groups -OCH3 is 3. The standard InChI is InChI=1S/C36H46O3Si/c1-20-14-30(37-11)17-33(23(20)4)40(36-28(9)26(7)27(8)29(36)10,34-18-31(38-12)15-21(2)24(34)5)35-19-32(39-13)16-22(3)25(35)6/h14-19,28H,1-13H3. The van der Waals surface area contributed by atoms with Gasteiger partial charge in [0, 0.05) is 0 Å². The van der Waals surface area contributed by atoms with Gasteiger partial charge in [0.25, 0.3) is 0 Å². The van der Waals surface area contributed by atoms with Crippen LogP contribution in [0.3, 0.4) is 0 Å². The normalized spacial score (nSPS) is 15.7. The van der Waals surface area contributed by atoms with Crippen molar-refractivity contribution in [3.63, 3.8) is 0 Å². The highest BCUT2D eigenvalue weighted by atomic mass is 28.3. The Morgan fingerprint density at radius 3 is 1.07 bits per heavy atom. The van der Waals surface area contributed by atoms with Crippen LogP contribution in [0.5, 0.6) is 17.2 Å². The summed E-state index contributed by atoms with van der Waals surface area (Å²) in [6.07, 6.45) is 0. The molecule has 0 saturated carbocycles. The Kier molecular flexibility index (Phi) is 8.15. The zero-order valence-electron chi connectivity index (χ0n) is 26.8. The average Bonchev–Trinajstić information content (AvgIpc) is 3.13. The van der Waals surface area contributed by atoms with E-state index in [4.69, 9.17) is 14.2 Å². The molecule has 0 bridgehead atoms. The zero-order chi connectivity index (χ0) is 29.7. The molecule has 4 heteroatoms. The summed E-state index contributed by atoms with van der Waals surface area (Å²) >= 11 is 0. The number of allylic oxidation sites excluding steroid dienone is 4. The molecule has 0 amide bonds. The van der Waals surface area contributed by atoms with Gasteiger partial charge in [0.05, 0.1) is 21.3 Å². The summed E-state index contributed by atoms with van der Waals surface area (Å²) in [6.45, 7) is 22.9. The van der Waals surface area contributed by atoms with Crippen LogP contribution in [0, 0.1) is 47.5 Å². The lowest BCUT2D eigenvalue weighted by Crippen LogP contribution is -2.71. The summed E-state index contributed by atoms with van der Waals surface area (Å²) in [5, 5.41) is 5.67. The van der Waals surface area contributed by atoms with E-state index in [2.05, 4.69) is 106 Å². The molecule has 4 rings (SSSR count). The lowest BCUT2D eigenvalue weighted by Gasteiger charge is -2.42. The summed E-state index contributed by atoms with van der Waals surface area (Å²) in [5.74, 6) is 2.99. The average molecular weight is 555 g/mol. The highest BCUT2D eigenvalue weighted by Crippen LogP contribution is 2.43. The molecule has 0 radical (unpaired) electrons. The predicted octanol–water partition coefficient (Wildman–Crippen LogP) is 6.87. The highest BCUT2D eigenvalue weighted by Gasteiger charge is 2.51. The molecule has 0 heterocycles. The van der Waals surface area contributed by atoms with Crippen LogP contribution in [0.25, 0.3) is 0 Å². The van der Waals surface area contributed by atoms with Crippen LogP contribution >= 0.6 is 0 Å². The van der Waals surface area contributed by atoms with Crippen molar-refractivity contribution in [3.05, 3.63) is 91.7 Å². The molecule has 0 saturated heterocycles. The van der Waals surface area contributed by atoms with Crippen LogP contribution in [-0.4, -0.2) is 29.4 Å². The van der Waals surface area contributed by atoms with Crippen LogP contribution in [-0.2, 0) is 0 Å². The highest BCUT2D eigenvalue weighted by molar-refractivity contribution is 7.17. The van der Waals surface area contributed by atoms with Gasteiger partial charge < -0.3 is 14.2 Å². The van der Waals surface area contributed by atoms with Gasteiger partial charge >= 0.3 is 0 Å². The minimum absolute atomic E-state index is 0.300. The maximum absolute atomic E-state index is 5.96. The van der Waals surface area contributed by atoms with E-state index in [1.54, 1.807) is 26.5 Å². The van der Waals surface area contributed by atoms with E-state index in [1.165, 1.54) is 65.7 Å². The van der Waals surface area contributed by atoms with Crippen LogP contribution in [0.15, 0.2) is 58.3 Å². The second kappa shape index (κ2) is 11.0. The molecular weight excluding hydrogens is 508 g/mol. The molecule has 1 aliphatic carbocycles. The van der Waals surface area contributed by atoms with E-state index in [1.807, 2.05) is 0 Å². The molecule has 3 aromatic carbocycles. The smallest absolute Gasteiger partial charge is 0.177 e. The summed E-state index contributed by atoms with van der Waals surface area (Å²) in [4.78, 5) is 0. The number of ether oxygens (including phenoxy) is 3. The van der Waals surface area contributed by atoms with Crippen molar-refractivity contribution < 1.29 is 14.2 Å². The Balaban J connectivity index is 2.43. The Bertz CT molecular complexity index is 1410. The van der Waals surface area contributed by atoms with Crippen molar-refractivity contribution in [3.8, 4) is 17.2 Å². The van der Waals surface area contributed by atoms with Crippen LogP contribution in [0.2, 0.25) is 0 Å². The number of hydrogen-bond donors (Lipinski definition) is 0. The molecule has 0 aliphatic heterocycles. The number of aryl methyl sites for hydroxylation is 3. The fourth-order valence-corrected chi connectivity index (χ4v) is 13.6. The summed E-state index contributed by atoms with van der Waals surface area (Å²) in [6, 6.07) is 13.5. The quantitative estimate of drug-likeness (QED) is 0.236. The van der Waals surface area contributed by atoms with Gasteiger partial charge in [0.2, 0.25) is 0 Å². The van der Waals surface area contributed by atoms with Gasteiger partial charge in [-0.15, -0.1) is 0 Å². The van der Waals surface area contributed by atoms with Crippen LogP contribution in [0.4, 0.5) is 0 Å². The fraction of sp³-hybridized carbons (Fsp3) is 0.389. The number of hydrogen-bond acceptors (Lipinski definition) is 3. The van der Waals surface area contributed by atoms with Crippen LogP contribution in [0.1, 0.15) is 61.1 Å². The first-order valence-electron chi connectivity index (χ1n) is 14.2. The first kappa shape index (κ1) is 29.7. The van der Waals surface area contributed by atoms with Gasteiger partial charge in [-0.1, -0.05) is 23.3 Å².